The molecule has 10 heteroatoms. The van der Waals surface area contributed by atoms with Crippen LogP contribution in [0.25, 0.3) is 0 Å². The lowest BCUT2D eigenvalue weighted by atomic mass is 9.90. The van der Waals surface area contributed by atoms with Gasteiger partial charge in [-0.2, -0.15) is 8.42 Å². The summed E-state index contributed by atoms with van der Waals surface area (Å²) in [6.45, 7) is 0. The summed E-state index contributed by atoms with van der Waals surface area (Å²) in [6, 6.07) is 29.8. The molecular formula is C29H21BrN2O6S. The second-order valence-electron chi connectivity index (χ2n) is 9.07. The molecule has 196 valence electrons. The zero-order valence-electron chi connectivity index (χ0n) is 20.3. The number of rotatable bonds is 6. The Morgan fingerprint density at radius 3 is 1.97 bits per heavy atom. The maximum absolute atomic E-state index is 13.7. The molecule has 0 radical (unpaired) electrons. The monoisotopic (exact) mass is 604 g/mol. The van der Waals surface area contributed by atoms with E-state index in [-0.39, 0.29) is 16.6 Å². The van der Waals surface area contributed by atoms with Crippen molar-refractivity contribution in [2.24, 2.45) is 5.92 Å². The Balaban J connectivity index is 1.34. The normalized spacial score (nSPS) is 20.8. The van der Waals surface area contributed by atoms with Crippen molar-refractivity contribution in [3.63, 3.8) is 0 Å². The minimum Gasteiger partial charge on any atom is -0.379 e. The van der Waals surface area contributed by atoms with E-state index in [0.717, 1.165) is 4.47 Å². The molecule has 0 saturated carbocycles. The number of fused-ring (bicyclic) bond motifs is 1. The summed E-state index contributed by atoms with van der Waals surface area (Å²) in [7, 11) is -4.01. The van der Waals surface area contributed by atoms with Crippen molar-refractivity contribution in [2.75, 3.05) is 9.96 Å². The fourth-order valence-corrected chi connectivity index (χ4v) is 6.09. The molecule has 4 aromatic carbocycles. The van der Waals surface area contributed by atoms with Crippen molar-refractivity contribution in [1.82, 2.24) is 0 Å². The molecule has 6 rings (SSSR count). The topological polar surface area (TPSA) is 93.2 Å². The average molecular weight is 605 g/mol. The van der Waals surface area contributed by atoms with Crippen molar-refractivity contribution >= 4 is 49.2 Å². The molecule has 2 fully saturated rings. The molecule has 2 amide bonds. The maximum atomic E-state index is 13.7. The van der Waals surface area contributed by atoms with E-state index in [1.54, 1.807) is 59.7 Å². The van der Waals surface area contributed by atoms with E-state index in [2.05, 4.69) is 15.9 Å². The van der Waals surface area contributed by atoms with Crippen LogP contribution in [0.15, 0.2) is 119 Å². The number of halogens is 1. The number of benzene rings is 4. The van der Waals surface area contributed by atoms with Crippen LogP contribution in [0.3, 0.4) is 0 Å². The standard InChI is InChI=1S/C29H21BrN2O6S/c30-20-13-15-21(16-14-20)31-28(33)25-26(32(37-27(25)29(31)34)22-7-3-1-4-8-22)19-11-17-23(18-12-19)38-39(35,36)24-9-5-2-6-10-24/h1-18,25-27H/t25-,26-,27-/m1/s1. The van der Waals surface area contributed by atoms with Crippen molar-refractivity contribution in [3.05, 3.63) is 119 Å². The molecule has 0 spiro atoms. The third kappa shape index (κ3) is 4.60. The number of para-hydroxylation sites is 1. The molecule has 0 aromatic heterocycles. The van der Waals surface area contributed by atoms with Gasteiger partial charge in [0.15, 0.2) is 6.10 Å². The molecule has 0 N–H and O–H groups in total. The van der Waals surface area contributed by atoms with Gasteiger partial charge in [0.1, 0.15) is 16.6 Å². The third-order valence-corrected chi connectivity index (χ3v) is 8.46. The molecule has 3 atom stereocenters. The molecule has 2 saturated heterocycles. The van der Waals surface area contributed by atoms with Crippen LogP contribution in [0.1, 0.15) is 11.6 Å². The predicted octanol–water partition coefficient (Wildman–Crippen LogP) is 5.27. The smallest absolute Gasteiger partial charge is 0.339 e. The lowest BCUT2D eigenvalue weighted by molar-refractivity contribution is -0.126. The number of anilines is 2. The summed E-state index contributed by atoms with van der Waals surface area (Å²) in [5.74, 6) is -1.51. The summed E-state index contributed by atoms with van der Waals surface area (Å²) in [4.78, 5) is 34.5. The lowest BCUT2D eigenvalue weighted by Crippen LogP contribution is -2.37. The van der Waals surface area contributed by atoms with Crippen molar-refractivity contribution in [3.8, 4) is 5.75 Å². The Hall–Kier alpha value is -3.99. The van der Waals surface area contributed by atoms with Gasteiger partial charge in [-0.15, -0.1) is 0 Å². The molecule has 4 aromatic rings. The molecule has 0 aliphatic carbocycles. The van der Waals surface area contributed by atoms with Crippen molar-refractivity contribution < 1.29 is 27.0 Å². The van der Waals surface area contributed by atoms with Gasteiger partial charge in [0.05, 0.1) is 17.4 Å². The fraction of sp³-hybridized carbons (Fsp3) is 0.103. The molecule has 39 heavy (non-hydrogen) atoms. The first kappa shape index (κ1) is 25.3. The highest BCUT2D eigenvalue weighted by Crippen LogP contribution is 2.47. The predicted molar refractivity (Wildman–Crippen MR) is 147 cm³/mol. The number of hydrogen-bond donors (Lipinski definition) is 0. The maximum Gasteiger partial charge on any atom is 0.339 e. The first-order chi connectivity index (χ1) is 18.8. The second-order valence-corrected chi connectivity index (χ2v) is 11.5. The summed E-state index contributed by atoms with van der Waals surface area (Å²) in [5, 5.41) is 1.58. The fourth-order valence-electron chi connectivity index (χ4n) is 4.88. The number of nitrogens with zero attached hydrogens (tertiary/aromatic N) is 2. The largest absolute Gasteiger partial charge is 0.379 e. The Morgan fingerprint density at radius 1 is 0.718 bits per heavy atom. The van der Waals surface area contributed by atoms with Gasteiger partial charge in [-0.3, -0.25) is 14.4 Å². The number of hydroxylamine groups is 1. The number of imide groups is 1. The van der Waals surface area contributed by atoms with E-state index < -0.39 is 34.1 Å². The summed E-state index contributed by atoms with van der Waals surface area (Å²) >= 11 is 3.38. The minimum absolute atomic E-state index is 0.0412. The van der Waals surface area contributed by atoms with Crippen LogP contribution in [0.2, 0.25) is 0 Å². The van der Waals surface area contributed by atoms with E-state index in [1.165, 1.54) is 29.2 Å². The van der Waals surface area contributed by atoms with Gasteiger partial charge in [0.25, 0.3) is 5.91 Å². The molecule has 0 bridgehead atoms. The van der Waals surface area contributed by atoms with Crippen LogP contribution in [0, 0.1) is 5.92 Å². The molecule has 2 aliphatic heterocycles. The van der Waals surface area contributed by atoms with Gasteiger partial charge in [-0.25, -0.2) is 9.96 Å². The molecular weight excluding hydrogens is 584 g/mol. The first-order valence-corrected chi connectivity index (χ1v) is 14.3. The number of carbonyl (C=O) groups is 2. The van der Waals surface area contributed by atoms with Crippen LogP contribution in [-0.2, 0) is 24.5 Å². The third-order valence-electron chi connectivity index (χ3n) is 6.67. The summed E-state index contributed by atoms with van der Waals surface area (Å²) < 4.78 is 31.5. The molecule has 8 nitrogen and oxygen atoms in total. The Bertz CT molecular complexity index is 1630. The highest BCUT2D eigenvalue weighted by atomic mass is 79.9. The van der Waals surface area contributed by atoms with E-state index in [0.29, 0.717) is 16.9 Å². The van der Waals surface area contributed by atoms with Crippen LogP contribution in [0.5, 0.6) is 5.75 Å². The quantitative estimate of drug-likeness (QED) is 0.219. The van der Waals surface area contributed by atoms with E-state index in [9.17, 15) is 18.0 Å². The summed E-state index contributed by atoms with van der Waals surface area (Å²) in [5.41, 5.74) is 1.81. The van der Waals surface area contributed by atoms with Crippen LogP contribution in [0.4, 0.5) is 11.4 Å². The van der Waals surface area contributed by atoms with Crippen LogP contribution < -0.4 is 14.1 Å². The Morgan fingerprint density at radius 2 is 1.33 bits per heavy atom. The van der Waals surface area contributed by atoms with E-state index in [1.807, 2.05) is 30.3 Å². The number of carbonyl (C=O) groups excluding carboxylic acids is 2. The van der Waals surface area contributed by atoms with Gasteiger partial charge >= 0.3 is 10.1 Å². The number of hydrogen-bond acceptors (Lipinski definition) is 7. The zero-order valence-corrected chi connectivity index (χ0v) is 22.7. The Labute approximate surface area is 233 Å². The molecule has 2 aliphatic rings. The first-order valence-electron chi connectivity index (χ1n) is 12.1. The van der Waals surface area contributed by atoms with Crippen LogP contribution in [-0.4, -0.2) is 26.3 Å². The van der Waals surface area contributed by atoms with Gasteiger partial charge in [-0.05, 0) is 66.2 Å². The van der Waals surface area contributed by atoms with Crippen molar-refractivity contribution in [1.29, 1.82) is 0 Å². The van der Waals surface area contributed by atoms with E-state index >= 15 is 0 Å². The van der Waals surface area contributed by atoms with Crippen molar-refractivity contribution in [2.45, 2.75) is 17.0 Å². The molecule has 2 heterocycles. The molecule has 0 unspecified atom stereocenters. The Kier molecular flexibility index (Phi) is 6.46. The summed E-state index contributed by atoms with van der Waals surface area (Å²) in [6.07, 6.45) is -1.01. The van der Waals surface area contributed by atoms with Gasteiger partial charge in [-0.1, -0.05) is 64.5 Å². The van der Waals surface area contributed by atoms with Crippen LogP contribution >= 0.6 is 15.9 Å². The number of amides is 2. The van der Waals surface area contributed by atoms with Gasteiger partial charge < -0.3 is 4.18 Å². The highest BCUT2D eigenvalue weighted by Gasteiger charge is 2.60. The minimum atomic E-state index is -4.01. The van der Waals surface area contributed by atoms with Gasteiger partial charge in [0.2, 0.25) is 5.91 Å². The lowest BCUT2D eigenvalue weighted by Gasteiger charge is -2.28. The highest BCUT2D eigenvalue weighted by molar-refractivity contribution is 9.10. The van der Waals surface area contributed by atoms with Gasteiger partial charge in [0, 0.05) is 4.47 Å². The average Bonchev–Trinajstić information content (AvgIpc) is 3.46. The van der Waals surface area contributed by atoms with E-state index in [4.69, 9.17) is 9.02 Å². The zero-order chi connectivity index (χ0) is 27.1. The SMILES string of the molecule is O=C1[C@@H]2[C@@H](c3ccc(OS(=O)(=O)c4ccccc4)cc3)N(c3ccccc3)O[C@H]2C(=O)N1c1ccc(Br)cc1. The second kappa shape index (κ2) is 9.96.